The van der Waals surface area contributed by atoms with Gasteiger partial charge in [-0.15, -0.1) is 0 Å². The molecule has 1 aromatic carbocycles. The first kappa shape index (κ1) is 14.6. The van der Waals surface area contributed by atoms with Gasteiger partial charge in [-0.05, 0) is 28.7 Å². The van der Waals surface area contributed by atoms with Gasteiger partial charge in [0.15, 0.2) is 0 Å². The number of benzene rings is 1. The first-order valence-corrected chi connectivity index (χ1v) is 9.10. The highest BCUT2D eigenvalue weighted by atomic mass is 32.2. The van der Waals surface area contributed by atoms with Crippen molar-refractivity contribution in [3.63, 3.8) is 0 Å². The molecule has 0 atom stereocenters. The first-order chi connectivity index (χ1) is 9.66. The smallest absolute Gasteiger partial charge is 0.211 e. The van der Waals surface area contributed by atoms with Crippen molar-refractivity contribution < 1.29 is 8.42 Å². The highest BCUT2D eigenvalue weighted by Gasteiger charge is 2.26. The van der Waals surface area contributed by atoms with Gasteiger partial charge in [-0.25, -0.2) is 8.42 Å². The molecule has 21 heavy (non-hydrogen) atoms. The summed E-state index contributed by atoms with van der Waals surface area (Å²) < 4.78 is 25.2. The number of hydrogen-bond donors (Lipinski definition) is 1. The van der Waals surface area contributed by atoms with Crippen molar-refractivity contribution in [2.24, 2.45) is 0 Å². The molecule has 0 spiro atoms. The molecule has 1 aromatic heterocycles. The van der Waals surface area contributed by atoms with Gasteiger partial charge in [0.2, 0.25) is 10.0 Å². The van der Waals surface area contributed by atoms with E-state index in [1.807, 2.05) is 0 Å². The minimum absolute atomic E-state index is 0.0868. The lowest BCUT2D eigenvalue weighted by Crippen LogP contribution is -2.34. The van der Waals surface area contributed by atoms with Crippen molar-refractivity contribution in [2.75, 3.05) is 12.8 Å². The number of H-pyrrole nitrogens is 1. The van der Waals surface area contributed by atoms with Crippen molar-refractivity contribution in [1.29, 1.82) is 0 Å². The summed E-state index contributed by atoms with van der Waals surface area (Å²) in [7, 11) is -3.13. The molecule has 4 nitrogen and oxygen atoms in total. The van der Waals surface area contributed by atoms with Crippen LogP contribution in [0.3, 0.4) is 0 Å². The van der Waals surface area contributed by atoms with Crippen LogP contribution in [0.15, 0.2) is 18.2 Å². The highest BCUT2D eigenvalue weighted by molar-refractivity contribution is 7.88. The first-order valence-electron chi connectivity index (χ1n) is 7.25. The molecule has 114 valence electrons. The SMILES string of the molecule is CC(C)(C)c1ccc2[nH]c3c(c2c1)CN(S(C)(=O)=O)CC3. The summed E-state index contributed by atoms with van der Waals surface area (Å²) in [5, 5.41) is 1.16. The molecule has 0 amide bonds. The van der Waals surface area contributed by atoms with Crippen LogP contribution in [0.1, 0.15) is 37.6 Å². The van der Waals surface area contributed by atoms with Gasteiger partial charge in [0.1, 0.15) is 0 Å². The maximum Gasteiger partial charge on any atom is 0.211 e. The third-order valence-electron chi connectivity index (χ3n) is 4.28. The van der Waals surface area contributed by atoms with Gasteiger partial charge in [0.25, 0.3) is 0 Å². The van der Waals surface area contributed by atoms with Gasteiger partial charge in [-0.2, -0.15) is 4.31 Å². The summed E-state index contributed by atoms with van der Waals surface area (Å²) in [5.41, 5.74) is 4.77. The highest BCUT2D eigenvalue weighted by Crippen LogP contribution is 2.32. The van der Waals surface area contributed by atoms with Gasteiger partial charge in [-0.1, -0.05) is 26.8 Å². The molecular weight excluding hydrogens is 284 g/mol. The monoisotopic (exact) mass is 306 g/mol. The molecule has 2 aromatic rings. The summed E-state index contributed by atoms with van der Waals surface area (Å²) in [6.07, 6.45) is 2.04. The molecule has 0 radical (unpaired) electrons. The van der Waals surface area contributed by atoms with E-state index >= 15 is 0 Å². The molecule has 2 heterocycles. The average Bonchev–Trinajstić information content (AvgIpc) is 2.73. The fourth-order valence-corrected chi connectivity index (χ4v) is 3.73. The summed E-state index contributed by atoms with van der Waals surface area (Å²) >= 11 is 0. The van der Waals surface area contributed by atoms with Crippen molar-refractivity contribution in [3.05, 3.63) is 35.0 Å². The number of aromatic nitrogens is 1. The van der Waals surface area contributed by atoms with Gasteiger partial charge in [0.05, 0.1) is 6.26 Å². The van der Waals surface area contributed by atoms with Crippen LogP contribution in [0.25, 0.3) is 10.9 Å². The van der Waals surface area contributed by atoms with E-state index in [1.165, 1.54) is 17.5 Å². The molecule has 3 rings (SSSR count). The molecule has 0 saturated heterocycles. The Kier molecular flexibility index (Phi) is 3.19. The molecule has 0 unspecified atom stereocenters. The lowest BCUT2D eigenvalue weighted by atomic mass is 9.86. The van der Waals surface area contributed by atoms with Gasteiger partial charge >= 0.3 is 0 Å². The Morgan fingerprint density at radius 3 is 2.57 bits per heavy atom. The summed E-state index contributed by atoms with van der Waals surface area (Å²) in [6.45, 7) is 7.61. The zero-order chi connectivity index (χ0) is 15.4. The van der Waals surface area contributed by atoms with Crippen molar-refractivity contribution in [1.82, 2.24) is 9.29 Å². The minimum atomic E-state index is -3.13. The molecule has 1 aliphatic heterocycles. The van der Waals surface area contributed by atoms with E-state index in [9.17, 15) is 8.42 Å². The van der Waals surface area contributed by atoms with E-state index in [2.05, 4.69) is 44.0 Å². The Hall–Kier alpha value is -1.33. The number of hydrogen-bond acceptors (Lipinski definition) is 2. The Bertz CT molecular complexity index is 798. The lowest BCUT2D eigenvalue weighted by Gasteiger charge is -2.25. The van der Waals surface area contributed by atoms with Crippen LogP contribution >= 0.6 is 0 Å². The fraction of sp³-hybridized carbons (Fsp3) is 0.500. The minimum Gasteiger partial charge on any atom is -0.358 e. The van der Waals surface area contributed by atoms with Crippen molar-refractivity contribution in [3.8, 4) is 0 Å². The van der Waals surface area contributed by atoms with Crippen LogP contribution in [-0.4, -0.2) is 30.5 Å². The second-order valence-electron chi connectivity index (χ2n) is 6.94. The van der Waals surface area contributed by atoms with Crippen LogP contribution in [0.2, 0.25) is 0 Å². The standard InChI is InChI=1S/C16H22N2O2S/c1-16(2,3)11-5-6-14-12(9-11)13-10-18(21(4,19)20)8-7-15(13)17-14/h5-6,9,17H,7-8,10H2,1-4H3. The average molecular weight is 306 g/mol. The predicted molar refractivity (Wildman–Crippen MR) is 86.0 cm³/mol. The number of nitrogens with one attached hydrogen (secondary N) is 1. The number of aromatic amines is 1. The lowest BCUT2D eigenvalue weighted by molar-refractivity contribution is 0.395. The topological polar surface area (TPSA) is 53.2 Å². The second kappa shape index (κ2) is 4.58. The number of nitrogens with zero attached hydrogens (tertiary/aromatic N) is 1. The van der Waals surface area contributed by atoms with E-state index in [0.717, 1.165) is 22.9 Å². The third-order valence-corrected chi connectivity index (χ3v) is 5.52. The quantitative estimate of drug-likeness (QED) is 0.881. The van der Waals surface area contributed by atoms with Crippen LogP contribution in [-0.2, 0) is 28.4 Å². The fourth-order valence-electron chi connectivity index (χ4n) is 2.94. The zero-order valence-corrected chi connectivity index (χ0v) is 13.8. The van der Waals surface area contributed by atoms with Crippen LogP contribution in [0.4, 0.5) is 0 Å². The Labute approximate surface area is 126 Å². The molecular formula is C16H22N2O2S. The maximum absolute atomic E-state index is 11.8. The summed E-state index contributed by atoms with van der Waals surface area (Å²) in [4.78, 5) is 3.45. The molecule has 0 fully saturated rings. The number of rotatable bonds is 1. The summed E-state index contributed by atoms with van der Waals surface area (Å²) in [5.74, 6) is 0. The van der Waals surface area contributed by atoms with Crippen molar-refractivity contribution >= 4 is 20.9 Å². The van der Waals surface area contributed by atoms with E-state index < -0.39 is 10.0 Å². The van der Waals surface area contributed by atoms with Gasteiger partial charge < -0.3 is 4.98 Å². The van der Waals surface area contributed by atoms with E-state index in [0.29, 0.717) is 13.1 Å². The number of sulfonamides is 1. The third kappa shape index (κ3) is 2.60. The Morgan fingerprint density at radius 2 is 1.95 bits per heavy atom. The van der Waals surface area contributed by atoms with Crippen molar-refractivity contribution in [2.45, 2.75) is 39.2 Å². The molecule has 5 heteroatoms. The van der Waals surface area contributed by atoms with Gasteiger partial charge in [-0.3, -0.25) is 0 Å². The van der Waals surface area contributed by atoms with E-state index in [1.54, 1.807) is 4.31 Å². The van der Waals surface area contributed by atoms with Crippen LogP contribution < -0.4 is 0 Å². The second-order valence-corrected chi connectivity index (χ2v) is 8.92. The maximum atomic E-state index is 11.8. The predicted octanol–water partition coefficient (Wildman–Crippen LogP) is 2.78. The molecule has 0 bridgehead atoms. The van der Waals surface area contributed by atoms with Crippen LogP contribution in [0, 0.1) is 0 Å². The largest absolute Gasteiger partial charge is 0.358 e. The zero-order valence-electron chi connectivity index (χ0n) is 13.0. The number of fused-ring (bicyclic) bond motifs is 3. The molecule has 0 aliphatic carbocycles. The van der Waals surface area contributed by atoms with Gasteiger partial charge in [0, 0.05) is 36.1 Å². The molecule has 1 N–H and O–H groups in total. The normalized spacial score (nSPS) is 17.1. The molecule has 0 saturated carbocycles. The Morgan fingerprint density at radius 1 is 1.24 bits per heavy atom. The van der Waals surface area contributed by atoms with E-state index in [4.69, 9.17) is 0 Å². The summed E-state index contributed by atoms with van der Waals surface area (Å²) in [6, 6.07) is 6.47. The van der Waals surface area contributed by atoms with E-state index in [-0.39, 0.29) is 5.41 Å². The Balaban J connectivity index is 2.13. The van der Waals surface area contributed by atoms with Crippen LogP contribution in [0.5, 0.6) is 0 Å². The molecule has 1 aliphatic rings.